The van der Waals surface area contributed by atoms with Crippen molar-refractivity contribution >= 4 is 46.5 Å². The van der Waals surface area contributed by atoms with E-state index in [9.17, 15) is 0 Å². The Labute approximate surface area is 99.1 Å². The van der Waals surface area contributed by atoms with Gasteiger partial charge in [-0.25, -0.2) is 0 Å². The lowest BCUT2D eigenvalue weighted by atomic mass is 10.1. The third-order valence-corrected chi connectivity index (χ3v) is 1.55. The van der Waals surface area contributed by atoms with E-state index < -0.39 is 0 Å². The molecule has 0 N–H and O–H groups in total. The Balaban J connectivity index is 0.000000605. The minimum atomic E-state index is 0. The molecule has 0 fully saturated rings. The summed E-state index contributed by atoms with van der Waals surface area (Å²) < 4.78 is 5.34. The highest BCUT2D eigenvalue weighted by Crippen LogP contribution is 2.21. The van der Waals surface area contributed by atoms with Crippen molar-refractivity contribution in [3.63, 3.8) is 0 Å². The molecule has 1 aromatic rings. The van der Waals surface area contributed by atoms with E-state index in [1.54, 1.807) is 0 Å². The SMILES string of the molecule is C1=Cc2ccccc2OC1.[AlH3].[MgH2]. The number of fused-ring (bicyclic) bond motifs is 1. The minimum Gasteiger partial charge on any atom is -0.489 e. The van der Waals surface area contributed by atoms with Gasteiger partial charge in [0, 0.05) is 5.56 Å². The molecule has 0 aromatic heterocycles. The predicted molar refractivity (Wildman–Crippen MR) is 59.5 cm³/mol. The maximum atomic E-state index is 5.34. The number of hydrogen-bond acceptors (Lipinski definition) is 1. The van der Waals surface area contributed by atoms with E-state index in [4.69, 9.17) is 4.74 Å². The van der Waals surface area contributed by atoms with Crippen LogP contribution in [0, 0.1) is 0 Å². The average molecular weight is 188 g/mol. The second kappa shape index (κ2) is 5.66. The molecule has 0 saturated carbocycles. The van der Waals surface area contributed by atoms with Crippen LogP contribution in [-0.4, -0.2) is 47.0 Å². The Morgan fingerprint density at radius 2 is 1.92 bits per heavy atom. The Hall–Kier alpha value is 0.0587. The fourth-order valence-corrected chi connectivity index (χ4v) is 1.06. The van der Waals surface area contributed by atoms with Crippen LogP contribution in [-0.2, 0) is 0 Å². The molecule has 0 bridgehead atoms. The normalized spacial score (nSPS) is 11.7. The van der Waals surface area contributed by atoms with E-state index in [0.717, 1.165) is 5.75 Å². The number of rotatable bonds is 0. The standard InChI is InChI=1S/C9H8O.Al.Mg.5H/c1-2-6-9-8(4-1)5-3-7-10-9;;;;;;;/h1-6H,7H2;;;;;;;. The molecule has 1 aliphatic heterocycles. The zero-order valence-electron chi connectivity index (χ0n) is 5.58. The monoisotopic (exact) mass is 188 g/mol. The molecule has 1 heterocycles. The highest BCUT2D eigenvalue weighted by molar-refractivity contribution is 5.76. The van der Waals surface area contributed by atoms with Crippen molar-refractivity contribution < 1.29 is 4.74 Å². The summed E-state index contributed by atoms with van der Waals surface area (Å²) in [6, 6.07) is 8.03. The molecule has 0 atom stereocenters. The first kappa shape index (κ1) is 12.1. The number of para-hydroxylation sites is 1. The maximum Gasteiger partial charge on any atom is 0.316 e. The van der Waals surface area contributed by atoms with Crippen LogP contribution in [0.5, 0.6) is 5.75 Å². The second-order valence-electron chi connectivity index (χ2n) is 2.25. The molecule has 0 saturated heterocycles. The molecule has 0 radical (unpaired) electrons. The Morgan fingerprint density at radius 1 is 1.17 bits per heavy atom. The summed E-state index contributed by atoms with van der Waals surface area (Å²) in [4.78, 5) is 0. The summed E-state index contributed by atoms with van der Waals surface area (Å²) in [5.74, 6) is 0.991. The van der Waals surface area contributed by atoms with Gasteiger partial charge in [-0.05, 0) is 12.1 Å². The minimum absolute atomic E-state index is 0. The zero-order chi connectivity index (χ0) is 6.81. The van der Waals surface area contributed by atoms with Crippen molar-refractivity contribution in [2.75, 3.05) is 6.61 Å². The third kappa shape index (κ3) is 2.53. The molecular weight excluding hydrogens is 175 g/mol. The van der Waals surface area contributed by atoms with Gasteiger partial charge in [0.1, 0.15) is 12.4 Å². The largest absolute Gasteiger partial charge is 0.489 e. The smallest absolute Gasteiger partial charge is 0.316 e. The fourth-order valence-electron chi connectivity index (χ4n) is 1.06. The van der Waals surface area contributed by atoms with Gasteiger partial charge in [-0.15, -0.1) is 0 Å². The van der Waals surface area contributed by atoms with Crippen molar-refractivity contribution in [1.82, 2.24) is 0 Å². The Bertz CT molecular complexity index is 273. The number of benzene rings is 1. The maximum absolute atomic E-state index is 5.34. The van der Waals surface area contributed by atoms with Crippen LogP contribution >= 0.6 is 0 Å². The molecule has 3 heteroatoms. The van der Waals surface area contributed by atoms with Crippen LogP contribution < -0.4 is 4.74 Å². The summed E-state index contributed by atoms with van der Waals surface area (Å²) in [6.45, 7) is 0.705. The van der Waals surface area contributed by atoms with Gasteiger partial charge in [-0.3, -0.25) is 0 Å². The van der Waals surface area contributed by atoms with Crippen molar-refractivity contribution in [2.24, 2.45) is 0 Å². The van der Waals surface area contributed by atoms with Gasteiger partial charge in [0.25, 0.3) is 0 Å². The lowest BCUT2D eigenvalue weighted by Gasteiger charge is -2.10. The highest BCUT2D eigenvalue weighted by Gasteiger charge is 2.01. The van der Waals surface area contributed by atoms with Crippen molar-refractivity contribution in [2.45, 2.75) is 0 Å². The van der Waals surface area contributed by atoms with E-state index in [-0.39, 0.29) is 40.4 Å². The Kier molecular flexibility index (Phi) is 5.69. The first-order chi connectivity index (χ1) is 4.97. The van der Waals surface area contributed by atoms with Gasteiger partial charge >= 0.3 is 23.1 Å². The Morgan fingerprint density at radius 3 is 2.67 bits per heavy atom. The summed E-state index contributed by atoms with van der Waals surface area (Å²) in [5.41, 5.74) is 1.17. The first-order valence-electron chi connectivity index (χ1n) is 3.35. The number of ether oxygens (including phenoxy) is 1. The van der Waals surface area contributed by atoms with Crippen LogP contribution in [0.15, 0.2) is 30.3 Å². The quantitative estimate of drug-likeness (QED) is 0.521. The molecule has 0 spiro atoms. The second-order valence-corrected chi connectivity index (χ2v) is 2.25. The molecule has 0 amide bonds. The van der Waals surface area contributed by atoms with Crippen LogP contribution in [0.3, 0.4) is 0 Å². The third-order valence-electron chi connectivity index (χ3n) is 1.55. The van der Waals surface area contributed by atoms with E-state index in [1.807, 2.05) is 30.3 Å². The number of hydrogen-bond donors (Lipinski definition) is 0. The average Bonchev–Trinajstić information content (AvgIpc) is 2.05. The molecule has 1 nitrogen and oxygen atoms in total. The fraction of sp³-hybridized carbons (Fsp3) is 0.111. The molecule has 0 aliphatic carbocycles. The first-order valence-corrected chi connectivity index (χ1v) is 3.35. The molecule has 0 unspecified atom stereocenters. The lowest BCUT2D eigenvalue weighted by Crippen LogP contribution is -1.98. The van der Waals surface area contributed by atoms with Crippen molar-refractivity contribution in [1.29, 1.82) is 0 Å². The van der Waals surface area contributed by atoms with Crippen molar-refractivity contribution in [3.05, 3.63) is 35.9 Å². The van der Waals surface area contributed by atoms with Gasteiger partial charge in [0.15, 0.2) is 17.4 Å². The predicted octanol–water partition coefficient (Wildman–Crippen LogP) is -0.00790. The van der Waals surface area contributed by atoms with E-state index in [1.165, 1.54) is 5.56 Å². The molecule has 1 aromatic carbocycles. The van der Waals surface area contributed by atoms with Crippen LogP contribution in [0.1, 0.15) is 5.56 Å². The topological polar surface area (TPSA) is 9.23 Å². The van der Waals surface area contributed by atoms with Gasteiger partial charge in [0.2, 0.25) is 0 Å². The van der Waals surface area contributed by atoms with E-state index >= 15 is 0 Å². The van der Waals surface area contributed by atoms with E-state index in [2.05, 4.69) is 6.08 Å². The molecule has 60 valence electrons. The van der Waals surface area contributed by atoms with Crippen LogP contribution in [0.4, 0.5) is 0 Å². The molecular formula is C9H13AlMgO. The summed E-state index contributed by atoms with van der Waals surface area (Å²) in [5, 5.41) is 0. The zero-order valence-corrected chi connectivity index (χ0v) is 5.58. The summed E-state index contributed by atoms with van der Waals surface area (Å²) >= 11 is 0. The van der Waals surface area contributed by atoms with Gasteiger partial charge in [-0.2, -0.15) is 0 Å². The van der Waals surface area contributed by atoms with Gasteiger partial charge < -0.3 is 4.74 Å². The van der Waals surface area contributed by atoms with Gasteiger partial charge in [-0.1, -0.05) is 24.3 Å². The highest BCUT2D eigenvalue weighted by atomic mass is 27.0. The summed E-state index contributed by atoms with van der Waals surface area (Å²) in [7, 11) is 0. The van der Waals surface area contributed by atoms with Gasteiger partial charge in [0.05, 0.1) is 0 Å². The van der Waals surface area contributed by atoms with Crippen LogP contribution in [0.25, 0.3) is 6.08 Å². The summed E-state index contributed by atoms with van der Waals surface area (Å²) in [6.07, 6.45) is 4.10. The lowest BCUT2D eigenvalue weighted by molar-refractivity contribution is 0.358. The molecule has 2 rings (SSSR count). The van der Waals surface area contributed by atoms with Crippen LogP contribution in [0.2, 0.25) is 0 Å². The van der Waals surface area contributed by atoms with E-state index in [0.29, 0.717) is 6.61 Å². The van der Waals surface area contributed by atoms with Crippen molar-refractivity contribution in [3.8, 4) is 5.75 Å². The molecule has 1 aliphatic rings. The molecule has 12 heavy (non-hydrogen) atoms.